The minimum atomic E-state index is -2.17. The van der Waals surface area contributed by atoms with Crippen LogP contribution < -0.4 is 0 Å². The summed E-state index contributed by atoms with van der Waals surface area (Å²) in [6.45, 7) is -1.15. The molecule has 1 saturated heterocycles. The molecule has 0 radical (unpaired) electrons. The fourth-order valence-electron chi connectivity index (χ4n) is 4.24. The Kier molecular flexibility index (Phi) is 6.48. The summed E-state index contributed by atoms with van der Waals surface area (Å²) in [7, 11) is 1.09. The smallest absolute Gasteiger partial charge is 0.339 e. The molecule has 7 N–H and O–H groups in total. The second kappa shape index (κ2) is 8.41. The van der Waals surface area contributed by atoms with Crippen molar-refractivity contribution in [3.05, 3.63) is 11.8 Å². The van der Waals surface area contributed by atoms with E-state index >= 15 is 0 Å². The second-order valence-corrected chi connectivity index (χ2v) is 7.41. The molecule has 12 heteroatoms. The molecule has 2 fully saturated rings. The molecule has 2 heterocycles. The number of esters is 1. The second-order valence-electron chi connectivity index (χ2n) is 7.41. The van der Waals surface area contributed by atoms with Crippen LogP contribution in [0.25, 0.3) is 0 Å². The summed E-state index contributed by atoms with van der Waals surface area (Å²) < 4.78 is 20.8. The lowest BCUT2D eigenvalue weighted by Gasteiger charge is -2.45. The molecular weight excluding hydrogens is 396 g/mol. The van der Waals surface area contributed by atoms with Crippen molar-refractivity contribution < 1.29 is 59.5 Å². The molecular formula is C17H26O12. The first-order chi connectivity index (χ1) is 13.7. The predicted molar refractivity (Wildman–Crippen MR) is 89.5 cm³/mol. The molecule has 166 valence electrons. The van der Waals surface area contributed by atoms with Crippen molar-refractivity contribution in [3.63, 3.8) is 0 Å². The van der Waals surface area contributed by atoms with Crippen LogP contribution in [-0.2, 0) is 23.7 Å². The Labute approximate surface area is 165 Å². The molecule has 10 atom stereocenters. The Bertz CT molecular complexity index is 638. The van der Waals surface area contributed by atoms with Crippen molar-refractivity contribution in [3.8, 4) is 0 Å². The highest BCUT2D eigenvalue weighted by molar-refractivity contribution is 5.91. The Hall–Kier alpha value is -1.35. The maximum atomic E-state index is 12.1. The molecule has 3 aliphatic rings. The number of carbonyl (C=O) groups is 1. The first-order valence-corrected chi connectivity index (χ1v) is 9.12. The molecule has 0 aromatic rings. The molecule has 2 aliphatic heterocycles. The van der Waals surface area contributed by atoms with E-state index in [9.17, 15) is 40.5 Å². The Morgan fingerprint density at radius 1 is 1.14 bits per heavy atom. The van der Waals surface area contributed by atoms with Gasteiger partial charge in [0.1, 0.15) is 35.6 Å². The first-order valence-electron chi connectivity index (χ1n) is 9.12. The normalized spacial score (nSPS) is 47.2. The minimum absolute atomic E-state index is 0.0795. The zero-order chi connectivity index (χ0) is 21.5. The fourth-order valence-corrected chi connectivity index (χ4v) is 4.24. The molecule has 10 unspecified atom stereocenters. The highest BCUT2D eigenvalue weighted by Gasteiger charge is 2.64. The maximum Gasteiger partial charge on any atom is 0.339 e. The van der Waals surface area contributed by atoms with Gasteiger partial charge in [0.15, 0.2) is 6.29 Å². The molecule has 0 amide bonds. The summed E-state index contributed by atoms with van der Waals surface area (Å²) in [6.07, 6.45) is -9.90. The van der Waals surface area contributed by atoms with Gasteiger partial charge in [-0.05, 0) is 12.3 Å². The number of carbonyl (C=O) groups excluding carboxylic acids is 1. The average Bonchev–Trinajstić information content (AvgIpc) is 2.99. The number of aliphatic hydroxyl groups excluding tert-OH is 6. The Morgan fingerprint density at radius 2 is 1.83 bits per heavy atom. The zero-order valence-electron chi connectivity index (χ0n) is 15.6. The van der Waals surface area contributed by atoms with Crippen LogP contribution in [0.5, 0.6) is 0 Å². The van der Waals surface area contributed by atoms with Crippen LogP contribution in [-0.4, -0.2) is 111 Å². The Balaban J connectivity index is 1.90. The van der Waals surface area contributed by atoms with Gasteiger partial charge >= 0.3 is 5.97 Å². The number of ether oxygens (including phenoxy) is 4. The van der Waals surface area contributed by atoms with Crippen LogP contribution in [0.2, 0.25) is 0 Å². The SMILES string of the molecule is COC(=O)C1=COC(OC2OC(CO)C(O)C(O)C2O)C2C(CO)CC(O)C12O. The van der Waals surface area contributed by atoms with Gasteiger partial charge < -0.3 is 54.7 Å². The third-order valence-corrected chi connectivity index (χ3v) is 5.85. The van der Waals surface area contributed by atoms with Crippen molar-refractivity contribution in [2.45, 2.75) is 55.1 Å². The van der Waals surface area contributed by atoms with E-state index in [0.717, 1.165) is 13.4 Å². The number of hydrogen-bond donors (Lipinski definition) is 7. The molecule has 0 aromatic carbocycles. The lowest BCUT2D eigenvalue weighted by Crippen LogP contribution is -2.62. The monoisotopic (exact) mass is 422 g/mol. The molecule has 3 rings (SSSR count). The summed E-state index contributed by atoms with van der Waals surface area (Å²) in [6, 6.07) is 0. The molecule has 0 aromatic heterocycles. The molecule has 0 bridgehead atoms. The van der Waals surface area contributed by atoms with Crippen molar-refractivity contribution in [1.82, 2.24) is 0 Å². The molecule has 12 nitrogen and oxygen atoms in total. The third-order valence-electron chi connectivity index (χ3n) is 5.85. The van der Waals surface area contributed by atoms with Crippen LogP contribution in [0.3, 0.4) is 0 Å². The van der Waals surface area contributed by atoms with E-state index in [1.54, 1.807) is 0 Å². The van der Waals surface area contributed by atoms with Crippen molar-refractivity contribution in [2.75, 3.05) is 20.3 Å². The maximum absolute atomic E-state index is 12.1. The van der Waals surface area contributed by atoms with E-state index in [0.29, 0.717) is 0 Å². The fraction of sp³-hybridized carbons (Fsp3) is 0.824. The molecule has 1 aliphatic carbocycles. The predicted octanol–water partition coefficient (Wildman–Crippen LogP) is -4.06. The van der Waals surface area contributed by atoms with E-state index in [4.69, 9.17) is 14.2 Å². The van der Waals surface area contributed by atoms with Gasteiger partial charge in [-0.2, -0.15) is 0 Å². The number of fused-ring (bicyclic) bond motifs is 1. The van der Waals surface area contributed by atoms with Crippen molar-refractivity contribution in [2.24, 2.45) is 11.8 Å². The lowest BCUT2D eigenvalue weighted by molar-refractivity contribution is -0.348. The Morgan fingerprint density at radius 3 is 2.41 bits per heavy atom. The molecule has 0 spiro atoms. The van der Waals surface area contributed by atoms with Crippen LogP contribution >= 0.6 is 0 Å². The number of hydrogen-bond acceptors (Lipinski definition) is 12. The summed E-state index contributed by atoms with van der Waals surface area (Å²) >= 11 is 0. The van der Waals surface area contributed by atoms with E-state index in [2.05, 4.69) is 4.74 Å². The van der Waals surface area contributed by atoms with Crippen LogP contribution in [0.1, 0.15) is 6.42 Å². The van der Waals surface area contributed by atoms with E-state index < -0.39 is 79.7 Å². The molecule has 29 heavy (non-hydrogen) atoms. The minimum Gasteiger partial charge on any atom is -0.471 e. The molecule has 1 saturated carbocycles. The van der Waals surface area contributed by atoms with Crippen molar-refractivity contribution >= 4 is 5.97 Å². The topological polar surface area (TPSA) is 196 Å². The first kappa shape index (κ1) is 22.3. The summed E-state index contributed by atoms with van der Waals surface area (Å²) in [4.78, 5) is 12.1. The summed E-state index contributed by atoms with van der Waals surface area (Å²) in [5.74, 6) is -2.85. The number of aliphatic hydroxyl groups is 7. The van der Waals surface area contributed by atoms with Gasteiger partial charge in [-0.3, -0.25) is 0 Å². The van der Waals surface area contributed by atoms with Gasteiger partial charge in [0, 0.05) is 6.61 Å². The highest BCUT2D eigenvalue weighted by atomic mass is 16.8. The van der Waals surface area contributed by atoms with E-state index in [1.807, 2.05) is 0 Å². The van der Waals surface area contributed by atoms with Gasteiger partial charge in [-0.1, -0.05) is 0 Å². The summed E-state index contributed by atoms with van der Waals surface area (Å²) in [5.41, 5.74) is -2.53. The van der Waals surface area contributed by atoms with Gasteiger partial charge in [-0.25, -0.2) is 4.79 Å². The van der Waals surface area contributed by atoms with Crippen LogP contribution in [0.4, 0.5) is 0 Å². The lowest BCUT2D eigenvalue weighted by atomic mass is 9.78. The van der Waals surface area contributed by atoms with Gasteiger partial charge in [0.05, 0.1) is 32.0 Å². The van der Waals surface area contributed by atoms with Gasteiger partial charge in [0.2, 0.25) is 6.29 Å². The van der Waals surface area contributed by atoms with Gasteiger partial charge in [0.25, 0.3) is 0 Å². The quantitative estimate of drug-likeness (QED) is 0.212. The van der Waals surface area contributed by atoms with Crippen LogP contribution in [0.15, 0.2) is 11.8 Å². The van der Waals surface area contributed by atoms with Gasteiger partial charge in [-0.15, -0.1) is 0 Å². The summed E-state index contributed by atoms with van der Waals surface area (Å²) in [5, 5.41) is 70.5. The van der Waals surface area contributed by atoms with E-state index in [-0.39, 0.29) is 12.0 Å². The third kappa shape index (κ3) is 3.54. The van der Waals surface area contributed by atoms with E-state index in [1.165, 1.54) is 0 Å². The number of rotatable bonds is 5. The highest BCUT2D eigenvalue weighted by Crippen LogP contribution is 2.50. The zero-order valence-corrected chi connectivity index (χ0v) is 15.6. The largest absolute Gasteiger partial charge is 0.471 e. The van der Waals surface area contributed by atoms with Crippen molar-refractivity contribution in [1.29, 1.82) is 0 Å². The number of methoxy groups -OCH3 is 1. The standard InChI is InChI=1S/C17H26O12/c1-26-14(24)7-5-27-15(10-6(3-18)2-9(20)17(7,10)25)29-16-13(23)12(22)11(21)8(4-19)28-16/h5-6,8-13,15-16,18-23,25H,2-4H2,1H3. The van der Waals surface area contributed by atoms with Crippen LogP contribution in [0, 0.1) is 11.8 Å². The average molecular weight is 422 g/mol.